The standard InChI is InChI=1S/C13H13NO2S/c1-9(15)12-11(14-13(12)16)7-8-17-10-5-3-2-4-6-10/h2-6,9,11-12,15H,1H3,(H,14,16)/t9-,11-,12-/m1/s1. The van der Waals surface area contributed by atoms with Crippen molar-refractivity contribution in [3.05, 3.63) is 30.3 Å². The van der Waals surface area contributed by atoms with Crippen LogP contribution in [0, 0.1) is 17.1 Å². The third kappa shape index (κ3) is 2.82. The van der Waals surface area contributed by atoms with E-state index in [-0.39, 0.29) is 17.9 Å². The second-order valence-corrected chi connectivity index (χ2v) is 4.79. The van der Waals surface area contributed by atoms with Gasteiger partial charge in [0.2, 0.25) is 5.91 Å². The first-order valence-corrected chi connectivity index (χ1v) is 6.21. The molecular weight excluding hydrogens is 234 g/mol. The number of thioether (sulfide) groups is 1. The maximum atomic E-state index is 11.2. The highest BCUT2D eigenvalue weighted by molar-refractivity contribution is 8.03. The smallest absolute Gasteiger partial charge is 0.229 e. The van der Waals surface area contributed by atoms with E-state index in [1.807, 2.05) is 30.3 Å². The van der Waals surface area contributed by atoms with Crippen LogP contribution in [-0.4, -0.2) is 23.2 Å². The molecule has 3 atom stereocenters. The summed E-state index contributed by atoms with van der Waals surface area (Å²) in [7, 11) is 0. The Hall–Kier alpha value is -1.44. The zero-order valence-electron chi connectivity index (χ0n) is 9.38. The molecule has 1 saturated heterocycles. The van der Waals surface area contributed by atoms with Crippen LogP contribution in [0.2, 0.25) is 0 Å². The molecule has 0 aromatic heterocycles. The van der Waals surface area contributed by atoms with Crippen molar-refractivity contribution in [1.82, 2.24) is 5.32 Å². The number of carbonyl (C=O) groups excluding carboxylic acids is 1. The molecule has 88 valence electrons. The number of hydrogen-bond acceptors (Lipinski definition) is 3. The normalized spacial score (nSPS) is 24.0. The fourth-order valence-corrected chi connectivity index (χ4v) is 2.26. The number of β-lactam (4-membered cyclic amide) rings is 1. The summed E-state index contributed by atoms with van der Waals surface area (Å²) in [6, 6.07) is 9.59. The van der Waals surface area contributed by atoms with Crippen LogP contribution < -0.4 is 5.32 Å². The Morgan fingerprint density at radius 1 is 1.41 bits per heavy atom. The zero-order valence-corrected chi connectivity index (χ0v) is 10.2. The highest BCUT2D eigenvalue weighted by atomic mass is 32.2. The molecular formula is C13H13NO2S. The quantitative estimate of drug-likeness (QED) is 0.469. The van der Waals surface area contributed by atoms with Gasteiger partial charge >= 0.3 is 0 Å². The molecule has 0 bridgehead atoms. The van der Waals surface area contributed by atoms with Gasteiger partial charge in [-0.15, -0.1) is 0 Å². The summed E-state index contributed by atoms with van der Waals surface area (Å²) in [6.45, 7) is 1.61. The molecule has 4 heteroatoms. The van der Waals surface area contributed by atoms with E-state index >= 15 is 0 Å². The van der Waals surface area contributed by atoms with Crippen LogP contribution in [0.3, 0.4) is 0 Å². The Bertz CT molecular complexity index is 461. The van der Waals surface area contributed by atoms with E-state index in [1.54, 1.807) is 6.92 Å². The second-order valence-electron chi connectivity index (χ2n) is 3.91. The van der Waals surface area contributed by atoms with Gasteiger partial charge in [0.15, 0.2) is 0 Å². The van der Waals surface area contributed by atoms with E-state index in [0.29, 0.717) is 0 Å². The third-order valence-electron chi connectivity index (χ3n) is 2.61. The van der Waals surface area contributed by atoms with E-state index in [1.165, 1.54) is 11.8 Å². The Balaban J connectivity index is 1.93. The summed E-state index contributed by atoms with van der Waals surface area (Å²) < 4.78 is 0. The van der Waals surface area contributed by atoms with Crippen molar-refractivity contribution in [3.8, 4) is 11.2 Å². The molecule has 17 heavy (non-hydrogen) atoms. The van der Waals surface area contributed by atoms with Crippen molar-refractivity contribution in [2.75, 3.05) is 0 Å². The first-order valence-electron chi connectivity index (χ1n) is 5.39. The molecule has 1 fully saturated rings. The SMILES string of the molecule is C[C@@H](O)[C@H]1C(=O)N[C@@H]1C#CSc1ccccc1. The van der Waals surface area contributed by atoms with Crippen molar-refractivity contribution in [2.24, 2.45) is 5.92 Å². The van der Waals surface area contributed by atoms with Gasteiger partial charge in [-0.25, -0.2) is 0 Å². The summed E-state index contributed by atoms with van der Waals surface area (Å²) in [5.74, 6) is 2.44. The van der Waals surface area contributed by atoms with Crippen LogP contribution in [0.1, 0.15) is 6.92 Å². The minimum absolute atomic E-state index is 0.121. The first kappa shape index (κ1) is 12.0. The molecule has 0 radical (unpaired) electrons. The van der Waals surface area contributed by atoms with Gasteiger partial charge in [0.25, 0.3) is 0 Å². The lowest BCUT2D eigenvalue weighted by atomic mass is 9.87. The number of amides is 1. The van der Waals surface area contributed by atoms with Crippen LogP contribution in [0.4, 0.5) is 0 Å². The molecule has 1 aromatic carbocycles. The maximum absolute atomic E-state index is 11.2. The summed E-state index contributed by atoms with van der Waals surface area (Å²) in [4.78, 5) is 12.2. The summed E-state index contributed by atoms with van der Waals surface area (Å²) >= 11 is 1.42. The molecule has 3 nitrogen and oxygen atoms in total. The predicted octanol–water partition coefficient (Wildman–Crippen LogP) is 1.23. The van der Waals surface area contributed by atoms with Gasteiger partial charge in [0.05, 0.1) is 12.0 Å². The lowest BCUT2D eigenvalue weighted by Gasteiger charge is -2.34. The molecule has 2 rings (SSSR count). The number of aliphatic hydroxyl groups excluding tert-OH is 1. The van der Waals surface area contributed by atoms with E-state index in [0.717, 1.165) is 4.90 Å². The molecule has 1 aliphatic heterocycles. The average molecular weight is 247 g/mol. The van der Waals surface area contributed by atoms with Crippen molar-refractivity contribution < 1.29 is 9.90 Å². The third-order valence-corrected chi connectivity index (χ3v) is 3.33. The summed E-state index contributed by atoms with van der Waals surface area (Å²) in [6.07, 6.45) is -0.648. The number of carbonyl (C=O) groups is 1. The zero-order chi connectivity index (χ0) is 12.3. The maximum Gasteiger partial charge on any atom is 0.229 e. The van der Waals surface area contributed by atoms with Gasteiger partial charge in [0, 0.05) is 4.90 Å². The molecule has 1 aromatic rings. The van der Waals surface area contributed by atoms with E-state index in [9.17, 15) is 9.90 Å². The lowest BCUT2D eigenvalue weighted by molar-refractivity contribution is -0.138. The van der Waals surface area contributed by atoms with Crippen LogP contribution in [0.5, 0.6) is 0 Å². The molecule has 0 unspecified atom stereocenters. The van der Waals surface area contributed by atoms with Crippen LogP contribution in [0.25, 0.3) is 0 Å². The minimum atomic E-state index is -0.648. The number of hydrogen-bond donors (Lipinski definition) is 2. The number of nitrogens with one attached hydrogen (secondary N) is 1. The van der Waals surface area contributed by atoms with E-state index in [2.05, 4.69) is 16.5 Å². The Labute approximate surface area is 105 Å². The number of rotatable bonds is 2. The van der Waals surface area contributed by atoms with Crippen LogP contribution in [0.15, 0.2) is 35.2 Å². The van der Waals surface area contributed by atoms with Crippen molar-refractivity contribution in [3.63, 3.8) is 0 Å². The van der Waals surface area contributed by atoms with Gasteiger partial charge < -0.3 is 10.4 Å². The van der Waals surface area contributed by atoms with Crippen LogP contribution in [-0.2, 0) is 4.79 Å². The number of aliphatic hydroxyl groups is 1. The molecule has 2 N–H and O–H groups in total. The highest BCUT2D eigenvalue weighted by Crippen LogP contribution is 2.20. The Morgan fingerprint density at radius 2 is 2.12 bits per heavy atom. The molecule has 1 amide bonds. The van der Waals surface area contributed by atoms with E-state index in [4.69, 9.17) is 0 Å². The number of benzene rings is 1. The lowest BCUT2D eigenvalue weighted by Crippen LogP contribution is -2.61. The average Bonchev–Trinajstić information content (AvgIpc) is 2.28. The minimum Gasteiger partial charge on any atom is -0.392 e. The second kappa shape index (κ2) is 5.26. The fraction of sp³-hybridized carbons (Fsp3) is 0.308. The topological polar surface area (TPSA) is 49.3 Å². The van der Waals surface area contributed by atoms with Gasteiger partial charge in [-0.05, 0) is 36.1 Å². The van der Waals surface area contributed by atoms with Crippen molar-refractivity contribution in [1.29, 1.82) is 0 Å². The van der Waals surface area contributed by atoms with Crippen LogP contribution >= 0.6 is 11.8 Å². The molecule has 0 saturated carbocycles. The molecule has 0 spiro atoms. The summed E-state index contributed by atoms with van der Waals surface area (Å²) in [5, 5.41) is 15.0. The summed E-state index contributed by atoms with van der Waals surface area (Å²) in [5.41, 5.74) is 0. The molecule has 1 heterocycles. The van der Waals surface area contributed by atoms with Crippen molar-refractivity contribution in [2.45, 2.75) is 24.0 Å². The van der Waals surface area contributed by atoms with Gasteiger partial charge in [-0.2, -0.15) is 0 Å². The van der Waals surface area contributed by atoms with Crippen molar-refractivity contribution >= 4 is 17.7 Å². The predicted molar refractivity (Wildman–Crippen MR) is 67.2 cm³/mol. The highest BCUT2D eigenvalue weighted by Gasteiger charge is 2.41. The van der Waals surface area contributed by atoms with E-state index < -0.39 is 6.10 Å². The fourth-order valence-electron chi connectivity index (χ4n) is 1.66. The van der Waals surface area contributed by atoms with Gasteiger partial charge in [-0.3, -0.25) is 4.79 Å². The van der Waals surface area contributed by atoms with Gasteiger partial charge in [0.1, 0.15) is 6.04 Å². The monoisotopic (exact) mass is 247 g/mol. The van der Waals surface area contributed by atoms with Gasteiger partial charge in [-0.1, -0.05) is 24.1 Å². The Kier molecular flexibility index (Phi) is 3.72. The largest absolute Gasteiger partial charge is 0.392 e. The molecule has 1 aliphatic rings. The first-order chi connectivity index (χ1) is 8.18. The molecule has 0 aliphatic carbocycles. The Morgan fingerprint density at radius 3 is 2.71 bits per heavy atom.